The van der Waals surface area contributed by atoms with Gasteiger partial charge < -0.3 is 4.89 Å². The number of allylic oxidation sites excluding steroid dienone is 1. The highest BCUT2D eigenvalue weighted by atomic mass is 19.1. The average molecular weight is 236 g/mol. The van der Waals surface area contributed by atoms with Crippen LogP contribution in [0, 0.1) is 5.92 Å². The van der Waals surface area contributed by atoms with Crippen LogP contribution in [0.3, 0.4) is 0 Å². The van der Waals surface area contributed by atoms with Crippen LogP contribution in [0.15, 0.2) is 11.3 Å². The molecule has 0 aromatic rings. The molecule has 0 radical (unpaired) electrons. The fourth-order valence-electron chi connectivity index (χ4n) is 1.49. The number of rotatable bonds is 9. The molecule has 0 aromatic carbocycles. The van der Waals surface area contributed by atoms with Gasteiger partial charge >= 0.3 is 0 Å². The first-order valence-electron chi connectivity index (χ1n) is 5.57. The van der Waals surface area contributed by atoms with Crippen molar-refractivity contribution < 1.29 is 24.7 Å². The van der Waals surface area contributed by atoms with E-state index in [4.69, 9.17) is 10.5 Å². The van der Waals surface area contributed by atoms with Crippen LogP contribution in [-0.2, 0) is 9.78 Å². The summed E-state index contributed by atoms with van der Waals surface area (Å²) in [5.41, 5.74) is 0.666. The van der Waals surface area contributed by atoms with Crippen LogP contribution < -0.4 is 0 Å². The highest BCUT2D eigenvalue weighted by Gasteiger charge is 2.15. The maximum absolute atomic E-state index is 12.5. The van der Waals surface area contributed by atoms with Crippen molar-refractivity contribution in [2.45, 2.75) is 39.5 Å². The van der Waals surface area contributed by atoms with Crippen molar-refractivity contribution in [3.05, 3.63) is 11.3 Å². The Morgan fingerprint density at radius 1 is 1.31 bits per heavy atom. The van der Waals surface area contributed by atoms with Crippen molar-refractivity contribution in [3.8, 4) is 0 Å². The Labute approximate surface area is 95.5 Å². The summed E-state index contributed by atoms with van der Waals surface area (Å²) in [6.45, 7) is 3.36. The van der Waals surface area contributed by atoms with Gasteiger partial charge in [-0.3, -0.25) is 9.65 Å². The van der Waals surface area contributed by atoms with Crippen LogP contribution in [-0.4, -0.2) is 23.8 Å². The van der Waals surface area contributed by atoms with Gasteiger partial charge in [-0.2, -0.15) is 0 Å². The zero-order valence-corrected chi connectivity index (χ0v) is 9.91. The third-order valence-electron chi connectivity index (χ3n) is 2.56. The summed E-state index contributed by atoms with van der Waals surface area (Å²) in [6, 6.07) is 0. The molecule has 0 saturated carbocycles. The summed E-state index contributed by atoms with van der Waals surface area (Å²) in [5.74, 6) is 0.132. The summed E-state index contributed by atoms with van der Waals surface area (Å²) >= 11 is 0. The highest BCUT2D eigenvalue weighted by Crippen LogP contribution is 2.22. The smallest absolute Gasteiger partial charge is 0.144 e. The van der Waals surface area contributed by atoms with Crippen LogP contribution in [0.5, 0.6) is 0 Å². The lowest BCUT2D eigenvalue weighted by molar-refractivity contribution is -0.239. The second-order valence-corrected chi connectivity index (χ2v) is 3.77. The van der Waals surface area contributed by atoms with E-state index in [1.165, 1.54) is 0 Å². The Balaban J connectivity index is 4.63. The quantitative estimate of drug-likeness (QED) is 0.366. The molecule has 0 aliphatic rings. The second-order valence-electron chi connectivity index (χ2n) is 3.77. The van der Waals surface area contributed by atoms with Gasteiger partial charge in [0.2, 0.25) is 0 Å². The minimum atomic E-state index is -0.456. The maximum Gasteiger partial charge on any atom is 0.144 e. The van der Waals surface area contributed by atoms with Crippen molar-refractivity contribution in [1.82, 2.24) is 0 Å². The van der Waals surface area contributed by atoms with E-state index in [0.29, 0.717) is 30.6 Å². The molecule has 0 amide bonds. The van der Waals surface area contributed by atoms with E-state index < -0.39 is 6.67 Å². The Kier molecular flexibility index (Phi) is 9.18. The summed E-state index contributed by atoms with van der Waals surface area (Å²) in [4.78, 5) is 8.32. The molecule has 2 N–H and O–H groups in total. The second kappa shape index (κ2) is 9.57. The lowest BCUT2D eigenvalue weighted by Crippen LogP contribution is -2.09. The van der Waals surface area contributed by atoms with Gasteiger partial charge in [0.15, 0.2) is 0 Å². The van der Waals surface area contributed by atoms with Gasteiger partial charge in [0.25, 0.3) is 0 Å². The highest BCUT2D eigenvalue weighted by molar-refractivity contribution is 5.09. The van der Waals surface area contributed by atoms with E-state index in [1.54, 1.807) is 0 Å². The zero-order valence-electron chi connectivity index (χ0n) is 9.91. The molecule has 1 unspecified atom stereocenters. The predicted molar refractivity (Wildman–Crippen MR) is 58.6 cm³/mol. The fraction of sp³-hybridized carbons (Fsp3) is 0.818. The van der Waals surface area contributed by atoms with Gasteiger partial charge in [0, 0.05) is 12.0 Å². The first kappa shape index (κ1) is 15.3. The predicted octanol–water partition coefficient (Wildman–Crippen LogP) is 3.41. The molecule has 1 atom stereocenters. The molecular formula is C11H21FO4. The number of hydrogen-bond donors (Lipinski definition) is 2. The molecule has 0 spiro atoms. The van der Waals surface area contributed by atoms with Crippen molar-refractivity contribution in [1.29, 1.82) is 0 Å². The van der Waals surface area contributed by atoms with Gasteiger partial charge in [-0.25, -0.2) is 10.1 Å². The summed E-state index contributed by atoms with van der Waals surface area (Å²) in [6.07, 6.45) is 2.46. The van der Waals surface area contributed by atoms with Gasteiger partial charge in [-0.1, -0.05) is 26.7 Å². The number of alkyl halides is 1. The van der Waals surface area contributed by atoms with Gasteiger partial charge in [0.05, 0.1) is 6.67 Å². The van der Waals surface area contributed by atoms with Crippen LogP contribution in [0.2, 0.25) is 0 Å². The molecule has 0 aliphatic carbocycles. The molecule has 4 nitrogen and oxygen atoms in total. The standard InChI is InChI=1S/C11H21FO4/c1-3-5-10(8-15-13)11(16-14)6-9(4-2)7-12/h9,13-14H,3-8H2,1-2H3/b11-10-. The van der Waals surface area contributed by atoms with E-state index in [1.807, 2.05) is 13.8 Å². The Morgan fingerprint density at radius 3 is 2.38 bits per heavy atom. The molecule has 5 heteroatoms. The fourth-order valence-corrected chi connectivity index (χ4v) is 1.49. The number of hydrogen-bond acceptors (Lipinski definition) is 4. The van der Waals surface area contributed by atoms with E-state index in [2.05, 4.69) is 9.78 Å². The van der Waals surface area contributed by atoms with E-state index in [-0.39, 0.29) is 12.5 Å². The topological polar surface area (TPSA) is 58.9 Å². The van der Waals surface area contributed by atoms with Crippen molar-refractivity contribution in [3.63, 3.8) is 0 Å². The molecule has 0 fully saturated rings. The van der Waals surface area contributed by atoms with Gasteiger partial charge in [-0.05, 0) is 12.3 Å². The monoisotopic (exact) mass is 236 g/mol. The van der Waals surface area contributed by atoms with Crippen molar-refractivity contribution in [2.24, 2.45) is 5.92 Å². The minimum Gasteiger partial charge on any atom is -0.345 e. The lowest BCUT2D eigenvalue weighted by Gasteiger charge is -2.15. The molecule has 0 saturated heterocycles. The minimum absolute atomic E-state index is 0.0214. The van der Waals surface area contributed by atoms with Gasteiger partial charge in [-0.15, -0.1) is 0 Å². The maximum atomic E-state index is 12.5. The molecular weight excluding hydrogens is 215 g/mol. The molecule has 0 heterocycles. The van der Waals surface area contributed by atoms with E-state index in [9.17, 15) is 4.39 Å². The van der Waals surface area contributed by atoms with Crippen LogP contribution in [0.4, 0.5) is 4.39 Å². The Hall–Kier alpha value is -0.650. The average Bonchev–Trinajstić information content (AvgIpc) is 2.31. The first-order valence-corrected chi connectivity index (χ1v) is 5.57. The number of halogens is 1. The summed E-state index contributed by atoms with van der Waals surface area (Å²) < 4.78 is 12.5. The molecule has 0 rings (SSSR count). The summed E-state index contributed by atoms with van der Waals surface area (Å²) in [5, 5.41) is 17.2. The van der Waals surface area contributed by atoms with E-state index >= 15 is 0 Å². The molecule has 0 aromatic heterocycles. The van der Waals surface area contributed by atoms with E-state index in [0.717, 1.165) is 6.42 Å². The third-order valence-corrected chi connectivity index (χ3v) is 2.56. The van der Waals surface area contributed by atoms with Crippen molar-refractivity contribution in [2.75, 3.05) is 13.3 Å². The third kappa shape index (κ3) is 5.44. The van der Waals surface area contributed by atoms with Gasteiger partial charge in [0.1, 0.15) is 12.4 Å². The summed E-state index contributed by atoms with van der Waals surface area (Å²) in [7, 11) is 0. The first-order chi connectivity index (χ1) is 7.73. The van der Waals surface area contributed by atoms with Crippen LogP contribution in [0.1, 0.15) is 39.5 Å². The normalized spacial score (nSPS) is 14.6. The Bertz CT molecular complexity index is 194. The van der Waals surface area contributed by atoms with Crippen LogP contribution >= 0.6 is 0 Å². The van der Waals surface area contributed by atoms with Crippen molar-refractivity contribution >= 4 is 0 Å². The Morgan fingerprint density at radius 2 is 2.00 bits per heavy atom. The molecule has 16 heavy (non-hydrogen) atoms. The lowest BCUT2D eigenvalue weighted by atomic mass is 9.99. The zero-order chi connectivity index (χ0) is 12.4. The van der Waals surface area contributed by atoms with Crippen LogP contribution in [0.25, 0.3) is 0 Å². The molecule has 0 bridgehead atoms. The molecule has 96 valence electrons. The largest absolute Gasteiger partial charge is 0.345 e. The molecule has 0 aliphatic heterocycles. The SMILES string of the molecule is CCC/C(COO)=C(\CC(CC)CF)OO.